The molecule has 25 heavy (non-hydrogen) atoms. The van der Waals surface area contributed by atoms with E-state index in [1.807, 2.05) is 22.9 Å². The van der Waals surface area contributed by atoms with Crippen LogP contribution in [-0.4, -0.2) is 19.6 Å². The Labute approximate surface area is 153 Å². The second kappa shape index (κ2) is 6.04. The van der Waals surface area contributed by atoms with E-state index in [-0.39, 0.29) is 5.82 Å². The van der Waals surface area contributed by atoms with Crippen LogP contribution in [0.3, 0.4) is 0 Å². The monoisotopic (exact) mass is 401 g/mol. The van der Waals surface area contributed by atoms with Gasteiger partial charge in [0.05, 0.1) is 12.9 Å². The van der Waals surface area contributed by atoms with Gasteiger partial charge in [-0.05, 0) is 58.6 Å². The number of rotatable bonds is 5. The molecule has 0 bridgehead atoms. The van der Waals surface area contributed by atoms with Crippen LogP contribution in [0.5, 0.6) is 0 Å². The summed E-state index contributed by atoms with van der Waals surface area (Å²) in [5.41, 5.74) is -0.162. The van der Waals surface area contributed by atoms with Gasteiger partial charge in [0, 0.05) is 34.2 Å². The molecule has 0 saturated heterocycles. The molecule has 1 aliphatic carbocycles. The van der Waals surface area contributed by atoms with E-state index in [9.17, 15) is 9.50 Å². The minimum absolute atomic E-state index is 0.319. The summed E-state index contributed by atoms with van der Waals surface area (Å²) in [6.45, 7) is 0.330. The average molecular weight is 402 g/mol. The van der Waals surface area contributed by atoms with Gasteiger partial charge in [-0.25, -0.2) is 9.37 Å². The van der Waals surface area contributed by atoms with E-state index in [0.717, 1.165) is 23.0 Å². The van der Waals surface area contributed by atoms with Crippen molar-refractivity contribution in [3.63, 3.8) is 0 Å². The van der Waals surface area contributed by atoms with Crippen molar-refractivity contribution < 1.29 is 9.50 Å². The van der Waals surface area contributed by atoms with Gasteiger partial charge in [-0.1, -0.05) is 12.1 Å². The van der Waals surface area contributed by atoms with Gasteiger partial charge in [0.1, 0.15) is 11.4 Å². The Balaban J connectivity index is 1.82. The van der Waals surface area contributed by atoms with Gasteiger partial charge >= 0.3 is 0 Å². The lowest BCUT2D eigenvalue weighted by Gasteiger charge is -2.37. The summed E-state index contributed by atoms with van der Waals surface area (Å²) in [5.74, 6) is -0.319. The van der Waals surface area contributed by atoms with E-state index in [4.69, 9.17) is 0 Å². The molecule has 1 aliphatic rings. The quantitative estimate of drug-likeness (QED) is 0.707. The van der Waals surface area contributed by atoms with Gasteiger partial charge < -0.3 is 9.67 Å². The normalized spacial score (nSPS) is 17.9. The highest BCUT2D eigenvalue weighted by molar-refractivity contribution is 9.10. The first-order valence-electron chi connectivity index (χ1n) is 8.10. The van der Waals surface area contributed by atoms with E-state index in [2.05, 4.69) is 25.9 Å². The lowest BCUT2D eigenvalue weighted by atomic mass is 9.76. The minimum Gasteiger partial charge on any atom is -0.382 e. The van der Waals surface area contributed by atoms with E-state index < -0.39 is 11.0 Å². The number of halogens is 2. The van der Waals surface area contributed by atoms with Crippen molar-refractivity contribution in [3.8, 4) is 0 Å². The van der Waals surface area contributed by atoms with Crippen molar-refractivity contribution in [1.29, 1.82) is 0 Å². The maximum absolute atomic E-state index is 13.4. The van der Waals surface area contributed by atoms with Crippen LogP contribution in [0.4, 0.5) is 4.39 Å². The zero-order chi connectivity index (χ0) is 17.5. The van der Waals surface area contributed by atoms with Crippen molar-refractivity contribution in [1.82, 2.24) is 14.5 Å². The molecule has 4 nitrogen and oxygen atoms in total. The lowest BCUT2D eigenvalue weighted by Crippen LogP contribution is -2.44. The first-order chi connectivity index (χ1) is 12.0. The number of aliphatic hydroxyl groups is 1. The molecule has 1 unspecified atom stereocenters. The standard InChI is InChI=1S/C19H17BrFN3O/c20-15-3-6-17(23-11-15)18(7-8-18)19(25,12-24-10-9-22-13-24)14-1-4-16(21)5-2-14/h1-6,9-11,13,25H,7-8,12H2. The zero-order valence-electron chi connectivity index (χ0n) is 13.4. The van der Waals surface area contributed by atoms with Gasteiger partial charge in [-0.3, -0.25) is 4.98 Å². The SMILES string of the molecule is OC(Cn1ccnc1)(c1ccc(F)cc1)C1(c2ccc(Br)cn2)CC1. The number of pyridine rings is 1. The summed E-state index contributed by atoms with van der Waals surface area (Å²) in [7, 11) is 0. The molecule has 1 fully saturated rings. The fraction of sp³-hybridized carbons (Fsp3) is 0.263. The van der Waals surface area contributed by atoms with E-state index >= 15 is 0 Å². The van der Waals surface area contributed by atoms with Gasteiger partial charge in [0.2, 0.25) is 0 Å². The summed E-state index contributed by atoms with van der Waals surface area (Å²) in [4.78, 5) is 8.62. The molecule has 2 aromatic heterocycles. The van der Waals surface area contributed by atoms with Crippen LogP contribution < -0.4 is 0 Å². The molecule has 1 N–H and O–H groups in total. The fourth-order valence-electron chi connectivity index (χ4n) is 3.55. The predicted octanol–water partition coefficient (Wildman–Crippen LogP) is 3.80. The average Bonchev–Trinajstić information content (AvgIpc) is 3.28. The maximum Gasteiger partial charge on any atom is 0.123 e. The molecule has 0 spiro atoms. The molecule has 0 aliphatic heterocycles. The molecular formula is C19H17BrFN3O. The van der Waals surface area contributed by atoms with Crippen LogP contribution in [0.1, 0.15) is 24.1 Å². The summed E-state index contributed by atoms with van der Waals surface area (Å²) in [6.07, 6.45) is 8.58. The molecular weight excluding hydrogens is 385 g/mol. The summed E-state index contributed by atoms with van der Waals surface area (Å²) >= 11 is 3.41. The molecule has 2 heterocycles. The minimum atomic E-state index is -1.21. The molecule has 0 radical (unpaired) electrons. The van der Waals surface area contributed by atoms with Gasteiger partial charge in [-0.2, -0.15) is 0 Å². The maximum atomic E-state index is 13.4. The number of imidazole rings is 1. The third kappa shape index (κ3) is 2.79. The summed E-state index contributed by atoms with van der Waals surface area (Å²) in [6, 6.07) is 9.97. The van der Waals surface area contributed by atoms with Crippen molar-refractivity contribution in [2.45, 2.75) is 30.4 Å². The van der Waals surface area contributed by atoms with E-state index in [1.165, 1.54) is 12.1 Å². The second-order valence-corrected chi connectivity index (χ2v) is 7.46. The van der Waals surface area contributed by atoms with E-state index in [0.29, 0.717) is 12.1 Å². The number of nitrogens with zero attached hydrogens (tertiary/aromatic N) is 3. The summed E-state index contributed by atoms with van der Waals surface area (Å²) in [5, 5.41) is 11.8. The van der Waals surface area contributed by atoms with Gasteiger partial charge in [0.15, 0.2) is 0 Å². The van der Waals surface area contributed by atoms with Crippen LogP contribution in [0.15, 0.2) is 65.8 Å². The zero-order valence-corrected chi connectivity index (χ0v) is 15.0. The highest BCUT2D eigenvalue weighted by Gasteiger charge is 2.61. The number of hydrogen-bond acceptors (Lipinski definition) is 3. The Morgan fingerprint density at radius 1 is 1.20 bits per heavy atom. The Morgan fingerprint density at radius 3 is 2.52 bits per heavy atom. The number of hydrogen-bond donors (Lipinski definition) is 1. The molecule has 0 amide bonds. The molecule has 6 heteroatoms. The Morgan fingerprint density at radius 2 is 1.96 bits per heavy atom. The van der Waals surface area contributed by atoms with Crippen LogP contribution in [0.25, 0.3) is 0 Å². The van der Waals surface area contributed by atoms with Crippen LogP contribution >= 0.6 is 15.9 Å². The lowest BCUT2D eigenvalue weighted by molar-refractivity contribution is -0.0231. The van der Waals surface area contributed by atoms with Gasteiger partial charge in [-0.15, -0.1) is 0 Å². The van der Waals surface area contributed by atoms with Crippen molar-refractivity contribution >= 4 is 15.9 Å². The topological polar surface area (TPSA) is 50.9 Å². The highest BCUT2D eigenvalue weighted by atomic mass is 79.9. The molecule has 1 saturated carbocycles. The fourth-order valence-corrected chi connectivity index (χ4v) is 3.79. The summed E-state index contributed by atoms with van der Waals surface area (Å²) < 4.78 is 16.2. The Hall–Kier alpha value is -2.05. The Kier molecular flexibility index (Phi) is 3.96. The smallest absolute Gasteiger partial charge is 0.123 e. The molecule has 1 aromatic carbocycles. The largest absolute Gasteiger partial charge is 0.382 e. The molecule has 128 valence electrons. The van der Waals surface area contributed by atoms with Crippen molar-refractivity contribution in [2.24, 2.45) is 0 Å². The van der Waals surface area contributed by atoms with Crippen LogP contribution in [-0.2, 0) is 17.6 Å². The van der Waals surface area contributed by atoms with Crippen LogP contribution in [0, 0.1) is 5.82 Å². The van der Waals surface area contributed by atoms with Crippen molar-refractivity contribution in [3.05, 3.63) is 82.9 Å². The number of aromatic nitrogens is 3. The number of benzene rings is 1. The van der Waals surface area contributed by atoms with Crippen molar-refractivity contribution in [2.75, 3.05) is 0 Å². The molecule has 4 rings (SSSR count). The molecule has 1 atom stereocenters. The third-order valence-electron chi connectivity index (χ3n) is 5.05. The van der Waals surface area contributed by atoms with E-state index in [1.54, 1.807) is 30.9 Å². The first kappa shape index (κ1) is 16.4. The highest BCUT2D eigenvalue weighted by Crippen LogP contribution is 2.59. The second-order valence-electron chi connectivity index (χ2n) is 6.55. The third-order valence-corrected chi connectivity index (χ3v) is 5.52. The first-order valence-corrected chi connectivity index (χ1v) is 8.89. The Bertz CT molecular complexity index is 861. The molecule has 3 aromatic rings. The van der Waals surface area contributed by atoms with Gasteiger partial charge in [0.25, 0.3) is 0 Å². The predicted molar refractivity (Wildman–Crippen MR) is 95.4 cm³/mol. The van der Waals surface area contributed by atoms with Crippen LogP contribution in [0.2, 0.25) is 0 Å².